The van der Waals surface area contributed by atoms with Gasteiger partial charge in [-0.1, -0.05) is 25.6 Å². The minimum Gasteiger partial charge on any atom is -0.388 e. The van der Waals surface area contributed by atoms with Crippen LogP contribution in [0.15, 0.2) is 23.2 Å². The van der Waals surface area contributed by atoms with E-state index in [1.165, 1.54) is 22.6 Å². The molecule has 7 heteroatoms. The summed E-state index contributed by atoms with van der Waals surface area (Å²) in [5, 5.41) is 0. The lowest BCUT2D eigenvalue weighted by molar-refractivity contribution is 0.368. The molecule has 106 valence electrons. The number of thiocarbonyl (C=S) groups is 1. The van der Waals surface area contributed by atoms with Crippen molar-refractivity contribution >= 4 is 27.2 Å². The normalized spacial score (nSPS) is 13.5. The molecule has 0 saturated heterocycles. The van der Waals surface area contributed by atoms with Crippen molar-refractivity contribution in [1.82, 2.24) is 9.29 Å². The zero-order chi connectivity index (χ0) is 14.6. The second-order valence-corrected chi connectivity index (χ2v) is 6.84. The van der Waals surface area contributed by atoms with E-state index in [0.717, 1.165) is 12.8 Å². The second-order valence-electron chi connectivity index (χ2n) is 4.40. The predicted molar refractivity (Wildman–Crippen MR) is 79.4 cm³/mol. The Kier molecular flexibility index (Phi) is 5.39. The van der Waals surface area contributed by atoms with Gasteiger partial charge in [-0.15, -0.1) is 0 Å². The minimum atomic E-state index is -3.52. The van der Waals surface area contributed by atoms with Gasteiger partial charge in [-0.3, -0.25) is 4.98 Å². The lowest BCUT2D eigenvalue weighted by Gasteiger charge is -2.23. The molecule has 1 atom stereocenters. The molecule has 0 bridgehead atoms. The van der Waals surface area contributed by atoms with Gasteiger partial charge in [0.25, 0.3) is 0 Å². The fraction of sp³-hybridized carbons (Fsp3) is 0.500. The zero-order valence-electron chi connectivity index (χ0n) is 11.3. The van der Waals surface area contributed by atoms with Gasteiger partial charge in [0.15, 0.2) is 0 Å². The van der Waals surface area contributed by atoms with Crippen molar-refractivity contribution in [1.29, 1.82) is 0 Å². The van der Waals surface area contributed by atoms with Crippen LogP contribution in [0.4, 0.5) is 0 Å². The molecule has 1 aromatic rings. The maximum atomic E-state index is 12.4. The topological polar surface area (TPSA) is 76.3 Å². The van der Waals surface area contributed by atoms with Gasteiger partial charge >= 0.3 is 0 Å². The molecule has 19 heavy (non-hydrogen) atoms. The van der Waals surface area contributed by atoms with Gasteiger partial charge in [0.1, 0.15) is 9.88 Å². The van der Waals surface area contributed by atoms with Gasteiger partial charge < -0.3 is 5.73 Å². The number of hydrogen-bond acceptors (Lipinski definition) is 4. The highest BCUT2D eigenvalue weighted by atomic mass is 32.2. The maximum absolute atomic E-state index is 12.4. The van der Waals surface area contributed by atoms with Crippen molar-refractivity contribution in [2.75, 3.05) is 7.05 Å². The fourth-order valence-corrected chi connectivity index (χ4v) is 3.14. The predicted octanol–water partition coefficient (Wildman–Crippen LogP) is 1.52. The summed E-state index contributed by atoms with van der Waals surface area (Å²) in [7, 11) is -1.94. The SMILES string of the molecule is CCCC(C)N(C)S(=O)(=O)c1ccc(C(N)=S)nc1. The first-order chi connectivity index (χ1) is 8.80. The molecule has 0 aliphatic rings. The molecule has 0 spiro atoms. The minimum absolute atomic E-state index is 0.0507. The van der Waals surface area contributed by atoms with E-state index >= 15 is 0 Å². The first-order valence-corrected chi connectivity index (χ1v) is 7.89. The molecule has 0 aromatic carbocycles. The van der Waals surface area contributed by atoms with Crippen molar-refractivity contribution in [2.24, 2.45) is 5.73 Å². The fourth-order valence-electron chi connectivity index (χ4n) is 1.68. The lowest BCUT2D eigenvalue weighted by Crippen LogP contribution is -2.35. The smallest absolute Gasteiger partial charge is 0.244 e. The third-order valence-electron chi connectivity index (χ3n) is 2.99. The average Bonchev–Trinajstić information content (AvgIpc) is 2.38. The quantitative estimate of drug-likeness (QED) is 0.806. The second kappa shape index (κ2) is 6.40. The first kappa shape index (κ1) is 16.0. The summed E-state index contributed by atoms with van der Waals surface area (Å²) in [6.07, 6.45) is 3.03. The van der Waals surface area contributed by atoms with E-state index in [9.17, 15) is 8.42 Å². The van der Waals surface area contributed by atoms with E-state index in [1.807, 2.05) is 13.8 Å². The number of rotatable bonds is 6. The van der Waals surface area contributed by atoms with E-state index in [-0.39, 0.29) is 15.9 Å². The molecular formula is C12H19N3O2S2. The van der Waals surface area contributed by atoms with E-state index in [0.29, 0.717) is 5.69 Å². The lowest BCUT2D eigenvalue weighted by atomic mass is 10.2. The van der Waals surface area contributed by atoms with Crippen LogP contribution < -0.4 is 5.73 Å². The Morgan fingerprint density at radius 2 is 2.16 bits per heavy atom. The van der Waals surface area contributed by atoms with Crippen LogP contribution in [0.5, 0.6) is 0 Å². The third-order valence-corrected chi connectivity index (χ3v) is 5.16. The van der Waals surface area contributed by atoms with Crippen LogP contribution in [0.1, 0.15) is 32.4 Å². The molecule has 0 amide bonds. The van der Waals surface area contributed by atoms with Gasteiger partial charge in [-0.25, -0.2) is 8.42 Å². The highest BCUT2D eigenvalue weighted by molar-refractivity contribution is 7.89. The number of pyridine rings is 1. The first-order valence-electron chi connectivity index (χ1n) is 6.04. The number of hydrogen-bond donors (Lipinski definition) is 1. The van der Waals surface area contributed by atoms with Crippen LogP contribution in [-0.2, 0) is 10.0 Å². The standard InChI is InChI=1S/C12H19N3O2S2/c1-4-5-9(2)15(3)19(16,17)10-6-7-11(12(13)18)14-8-10/h6-9H,4-5H2,1-3H3,(H2,13,18). The number of nitrogens with zero attached hydrogens (tertiary/aromatic N) is 2. The highest BCUT2D eigenvalue weighted by Crippen LogP contribution is 2.17. The highest BCUT2D eigenvalue weighted by Gasteiger charge is 2.25. The summed E-state index contributed by atoms with van der Waals surface area (Å²) in [6, 6.07) is 2.95. The number of sulfonamides is 1. The van der Waals surface area contributed by atoms with Gasteiger partial charge in [0, 0.05) is 19.3 Å². The average molecular weight is 301 g/mol. The van der Waals surface area contributed by atoms with Crippen LogP contribution in [0, 0.1) is 0 Å². The molecule has 0 aliphatic heterocycles. The third kappa shape index (κ3) is 3.71. The summed E-state index contributed by atoms with van der Waals surface area (Å²) >= 11 is 4.78. The Morgan fingerprint density at radius 1 is 1.53 bits per heavy atom. The molecule has 1 heterocycles. The van der Waals surface area contributed by atoms with Crippen molar-refractivity contribution in [3.8, 4) is 0 Å². The van der Waals surface area contributed by atoms with Gasteiger partial charge in [-0.2, -0.15) is 4.31 Å². The molecule has 1 unspecified atom stereocenters. The Bertz CT molecular complexity index is 541. The molecule has 0 radical (unpaired) electrons. The van der Waals surface area contributed by atoms with E-state index in [4.69, 9.17) is 18.0 Å². The van der Waals surface area contributed by atoms with E-state index in [2.05, 4.69) is 4.98 Å². The van der Waals surface area contributed by atoms with Crippen LogP contribution in [-0.4, -0.2) is 35.8 Å². The Morgan fingerprint density at radius 3 is 2.58 bits per heavy atom. The van der Waals surface area contributed by atoms with Crippen LogP contribution in [0.25, 0.3) is 0 Å². The molecular weight excluding hydrogens is 282 g/mol. The van der Waals surface area contributed by atoms with Gasteiger partial charge in [0.2, 0.25) is 10.0 Å². The van der Waals surface area contributed by atoms with E-state index < -0.39 is 10.0 Å². The zero-order valence-corrected chi connectivity index (χ0v) is 13.0. The summed E-state index contributed by atoms with van der Waals surface area (Å²) in [5.74, 6) is 0. The molecule has 0 saturated carbocycles. The van der Waals surface area contributed by atoms with Crippen molar-refractivity contribution < 1.29 is 8.42 Å². The van der Waals surface area contributed by atoms with Crippen LogP contribution >= 0.6 is 12.2 Å². The number of aromatic nitrogens is 1. The monoisotopic (exact) mass is 301 g/mol. The Labute approximate surface area is 119 Å². The van der Waals surface area contributed by atoms with Crippen molar-refractivity contribution in [3.63, 3.8) is 0 Å². The van der Waals surface area contributed by atoms with Crippen LogP contribution in [0.3, 0.4) is 0 Å². The van der Waals surface area contributed by atoms with Crippen LogP contribution in [0.2, 0.25) is 0 Å². The molecule has 5 nitrogen and oxygen atoms in total. The molecule has 0 fully saturated rings. The van der Waals surface area contributed by atoms with Crippen molar-refractivity contribution in [2.45, 2.75) is 37.6 Å². The number of nitrogens with two attached hydrogens (primary N) is 1. The van der Waals surface area contributed by atoms with E-state index in [1.54, 1.807) is 7.05 Å². The Hall–Kier alpha value is -1.05. The Balaban J connectivity index is 3.03. The van der Waals surface area contributed by atoms with Crippen molar-refractivity contribution in [3.05, 3.63) is 24.0 Å². The molecule has 2 N–H and O–H groups in total. The summed E-state index contributed by atoms with van der Waals surface area (Å²) < 4.78 is 26.1. The molecule has 1 aromatic heterocycles. The molecule has 0 aliphatic carbocycles. The summed E-state index contributed by atoms with van der Waals surface area (Å²) in [6.45, 7) is 3.91. The summed E-state index contributed by atoms with van der Waals surface area (Å²) in [4.78, 5) is 4.26. The molecule has 1 rings (SSSR count). The van der Waals surface area contributed by atoms with Gasteiger partial charge in [-0.05, 0) is 25.5 Å². The largest absolute Gasteiger partial charge is 0.388 e. The van der Waals surface area contributed by atoms with Gasteiger partial charge in [0.05, 0.1) is 5.69 Å². The maximum Gasteiger partial charge on any atom is 0.244 e. The summed E-state index contributed by atoms with van der Waals surface area (Å²) in [5.41, 5.74) is 5.84.